The van der Waals surface area contributed by atoms with E-state index in [1.807, 2.05) is 6.07 Å². The lowest BCUT2D eigenvalue weighted by atomic mass is 10.1. The molecular weight excluding hydrogens is 312 g/mol. The highest BCUT2D eigenvalue weighted by Gasteiger charge is 2.36. The second-order valence-corrected chi connectivity index (χ2v) is 5.76. The molecule has 0 spiro atoms. The topological polar surface area (TPSA) is 84.9 Å². The summed E-state index contributed by atoms with van der Waals surface area (Å²) in [5.41, 5.74) is 0.471. The maximum absolute atomic E-state index is 11.9. The minimum Gasteiger partial charge on any atom is -0.459 e. The summed E-state index contributed by atoms with van der Waals surface area (Å²) < 4.78 is 10.9. The van der Waals surface area contributed by atoms with E-state index < -0.39 is 24.3 Å². The monoisotopic (exact) mass is 330 g/mol. The summed E-state index contributed by atoms with van der Waals surface area (Å²) >= 11 is 0. The number of urea groups is 1. The number of esters is 1. The summed E-state index contributed by atoms with van der Waals surface area (Å²) in [4.78, 5) is 36.7. The predicted molar refractivity (Wildman–Crippen MR) is 83.9 cm³/mol. The van der Waals surface area contributed by atoms with E-state index in [1.165, 1.54) is 4.90 Å². The number of carbonyl (C=O) groups is 3. The molecule has 1 N–H and O–H groups in total. The van der Waals surface area contributed by atoms with Crippen LogP contribution in [0.1, 0.15) is 17.3 Å². The van der Waals surface area contributed by atoms with Gasteiger partial charge in [-0.05, 0) is 18.2 Å². The van der Waals surface area contributed by atoms with Gasteiger partial charge in [0.25, 0.3) is 0 Å². The molecule has 3 amide bonds. The summed E-state index contributed by atoms with van der Waals surface area (Å²) in [5.74, 6) is -1.01. The number of amides is 3. The summed E-state index contributed by atoms with van der Waals surface area (Å²) in [6.07, 6.45) is 2.48. The summed E-state index contributed by atoms with van der Waals surface area (Å²) in [6, 6.07) is 8.21. The quantitative estimate of drug-likeness (QED) is 0.665. The van der Waals surface area contributed by atoms with Gasteiger partial charge in [-0.2, -0.15) is 0 Å². The first kappa shape index (κ1) is 16.2. The van der Waals surface area contributed by atoms with Gasteiger partial charge in [-0.15, -0.1) is 0 Å². The molecule has 1 saturated heterocycles. The Balaban J connectivity index is 1.51. The summed E-state index contributed by atoms with van der Waals surface area (Å²) in [5, 5.41) is 2.29. The molecule has 7 heteroatoms. The van der Waals surface area contributed by atoms with E-state index in [4.69, 9.17) is 9.47 Å². The van der Waals surface area contributed by atoms with Crippen molar-refractivity contribution < 1.29 is 23.9 Å². The molecule has 0 bridgehead atoms. The van der Waals surface area contributed by atoms with Gasteiger partial charge in [0.05, 0.1) is 11.5 Å². The van der Waals surface area contributed by atoms with Gasteiger partial charge < -0.3 is 9.47 Å². The highest BCUT2D eigenvalue weighted by molar-refractivity contribution is 5.98. The first-order valence-corrected chi connectivity index (χ1v) is 7.72. The van der Waals surface area contributed by atoms with Crippen molar-refractivity contribution in [3.8, 4) is 0 Å². The number of benzene rings is 1. The molecule has 2 aliphatic rings. The van der Waals surface area contributed by atoms with Crippen molar-refractivity contribution in [3.63, 3.8) is 0 Å². The van der Waals surface area contributed by atoms with Crippen molar-refractivity contribution in [3.05, 3.63) is 48.0 Å². The van der Waals surface area contributed by atoms with Crippen molar-refractivity contribution in [2.75, 3.05) is 13.2 Å². The molecule has 1 aromatic rings. The molecule has 0 aliphatic carbocycles. The fourth-order valence-corrected chi connectivity index (χ4v) is 2.56. The largest absolute Gasteiger partial charge is 0.459 e. The third kappa shape index (κ3) is 3.46. The summed E-state index contributed by atoms with van der Waals surface area (Å²) in [6.45, 7) is 2.09. The van der Waals surface area contributed by atoms with E-state index >= 15 is 0 Å². The lowest BCUT2D eigenvalue weighted by Crippen LogP contribution is -2.57. The third-order valence-corrected chi connectivity index (χ3v) is 3.91. The zero-order valence-electron chi connectivity index (χ0n) is 13.2. The fraction of sp³-hybridized carbons (Fsp3) is 0.353. The van der Waals surface area contributed by atoms with E-state index in [0.717, 1.165) is 0 Å². The Labute approximate surface area is 139 Å². The maximum Gasteiger partial charge on any atom is 0.338 e. The van der Waals surface area contributed by atoms with Crippen LogP contribution in [0.25, 0.3) is 0 Å². The SMILES string of the molecule is CC1CN(C2C=CC(COC(=O)c3ccccc3)O2)C(=O)NC1=O. The molecule has 3 atom stereocenters. The van der Waals surface area contributed by atoms with E-state index in [1.54, 1.807) is 43.3 Å². The Morgan fingerprint density at radius 1 is 1.29 bits per heavy atom. The van der Waals surface area contributed by atoms with Gasteiger partial charge in [0.2, 0.25) is 5.91 Å². The van der Waals surface area contributed by atoms with Crippen LogP contribution in [0.2, 0.25) is 0 Å². The van der Waals surface area contributed by atoms with Crippen LogP contribution in [0, 0.1) is 5.92 Å². The van der Waals surface area contributed by atoms with E-state index in [-0.39, 0.29) is 25.0 Å². The van der Waals surface area contributed by atoms with E-state index in [0.29, 0.717) is 5.56 Å². The van der Waals surface area contributed by atoms with Gasteiger partial charge in [-0.25, -0.2) is 9.59 Å². The van der Waals surface area contributed by atoms with Gasteiger partial charge >= 0.3 is 12.0 Å². The number of hydrogen-bond donors (Lipinski definition) is 1. The first-order valence-electron chi connectivity index (χ1n) is 7.72. The van der Waals surface area contributed by atoms with Crippen molar-refractivity contribution >= 4 is 17.9 Å². The van der Waals surface area contributed by atoms with Crippen LogP contribution in [0.5, 0.6) is 0 Å². The number of carbonyl (C=O) groups excluding carboxylic acids is 3. The molecular formula is C17H18N2O5. The van der Waals surface area contributed by atoms with Gasteiger partial charge in [-0.3, -0.25) is 15.0 Å². The molecule has 7 nitrogen and oxygen atoms in total. The predicted octanol–water partition coefficient (Wildman–Crippen LogP) is 1.31. The van der Waals surface area contributed by atoms with Crippen molar-refractivity contribution in [2.45, 2.75) is 19.3 Å². The van der Waals surface area contributed by atoms with Crippen LogP contribution in [-0.2, 0) is 14.3 Å². The molecule has 0 radical (unpaired) electrons. The number of hydrogen-bond acceptors (Lipinski definition) is 5. The number of nitrogens with zero attached hydrogens (tertiary/aromatic N) is 1. The van der Waals surface area contributed by atoms with Gasteiger partial charge in [0.15, 0.2) is 6.23 Å². The van der Waals surface area contributed by atoms with Crippen LogP contribution in [0.3, 0.4) is 0 Å². The molecule has 0 saturated carbocycles. The molecule has 2 aliphatic heterocycles. The van der Waals surface area contributed by atoms with Crippen molar-refractivity contribution in [2.24, 2.45) is 5.92 Å². The Morgan fingerprint density at radius 2 is 2.04 bits per heavy atom. The number of rotatable bonds is 4. The Morgan fingerprint density at radius 3 is 2.79 bits per heavy atom. The average molecular weight is 330 g/mol. The summed E-state index contributed by atoms with van der Waals surface area (Å²) in [7, 11) is 0. The zero-order valence-corrected chi connectivity index (χ0v) is 13.2. The lowest BCUT2D eigenvalue weighted by molar-refractivity contribution is -0.127. The van der Waals surface area contributed by atoms with Crippen LogP contribution in [0.15, 0.2) is 42.5 Å². The molecule has 2 heterocycles. The number of imide groups is 1. The zero-order chi connectivity index (χ0) is 17.1. The molecule has 1 aromatic carbocycles. The fourth-order valence-electron chi connectivity index (χ4n) is 2.56. The molecule has 0 aromatic heterocycles. The van der Waals surface area contributed by atoms with Crippen LogP contribution in [-0.4, -0.2) is 48.3 Å². The van der Waals surface area contributed by atoms with Crippen LogP contribution in [0.4, 0.5) is 4.79 Å². The van der Waals surface area contributed by atoms with Gasteiger partial charge in [0, 0.05) is 6.54 Å². The molecule has 24 heavy (non-hydrogen) atoms. The van der Waals surface area contributed by atoms with Gasteiger partial charge in [0.1, 0.15) is 12.7 Å². The average Bonchev–Trinajstić information content (AvgIpc) is 3.05. The van der Waals surface area contributed by atoms with Gasteiger partial charge in [-0.1, -0.05) is 31.2 Å². The molecule has 3 rings (SSSR count). The van der Waals surface area contributed by atoms with E-state index in [2.05, 4.69) is 5.32 Å². The Kier molecular flexibility index (Phi) is 4.61. The van der Waals surface area contributed by atoms with Crippen molar-refractivity contribution in [1.82, 2.24) is 10.2 Å². The van der Waals surface area contributed by atoms with Crippen LogP contribution < -0.4 is 5.32 Å². The molecule has 3 unspecified atom stereocenters. The highest BCUT2D eigenvalue weighted by Crippen LogP contribution is 2.20. The Hall–Kier alpha value is -2.67. The maximum atomic E-state index is 11.9. The lowest BCUT2D eigenvalue weighted by Gasteiger charge is -2.34. The second-order valence-electron chi connectivity index (χ2n) is 5.76. The number of ether oxygens (including phenoxy) is 2. The standard InChI is InChI=1S/C17H18N2O5/c1-11-9-19(17(22)18-15(11)20)14-8-7-13(24-14)10-23-16(21)12-5-3-2-4-6-12/h2-8,11,13-14H,9-10H2,1H3,(H,18,20,22). The molecule has 126 valence electrons. The smallest absolute Gasteiger partial charge is 0.338 e. The number of nitrogens with one attached hydrogen (secondary N) is 1. The highest BCUT2D eigenvalue weighted by atomic mass is 16.6. The van der Waals surface area contributed by atoms with Crippen LogP contribution >= 0.6 is 0 Å². The molecule has 1 fully saturated rings. The normalized spacial score (nSPS) is 26.4. The second kappa shape index (κ2) is 6.84. The Bertz CT molecular complexity index is 673. The van der Waals surface area contributed by atoms with Crippen molar-refractivity contribution in [1.29, 1.82) is 0 Å². The minimum atomic E-state index is -0.569. The third-order valence-electron chi connectivity index (χ3n) is 3.91. The minimum absolute atomic E-state index is 0.0602. The van der Waals surface area contributed by atoms with E-state index in [9.17, 15) is 14.4 Å². The first-order chi connectivity index (χ1) is 11.5.